The molecule has 4 aliphatic heterocycles. The normalized spacial score (nSPS) is 31.4. The summed E-state index contributed by atoms with van der Waals surface area (Å²) in [5.41, 5.74) is 0.177. The summed E-state index contributed by atoms with van der Waals surface area (Å²) in [6, 6.07) is 13.3. The molecule has 6 rings (SSSR count). The maximum absolute atomic E-state index is 13.0. The average molecular weight is 1050 g/mol. The van der Waals surface area contributed by atoms with Crippen LogP contribution in [0.3, 0.4) is 0 Å². The molecular formula is C47H55NO26. The molecule has 0 aliphatic carbocycles. The Labute approximate surface area is 421 Å². The lowest BCUT2D eigenvalue weighted by molar-refractivity contribution is -0.407. The van der Waals surface area contributed by atoms with Crippen LogP contribution in [0.2, 0.25) is 0 Å². The molecule has 0 spiro atoms. The monoisotopic (exact) mass is 1050 g/mol. The van der Waals surface area contributed by atoms with E-state index in [1.165, 1.54) is 12.1 Å². The first-order valence-corrected chi connectivity index (χ1v) is 22.9. The van der Waals surface area contributed by atoms with Crippen molar-refractivity contribution in [1.82, 2.24) is 0 Å². The fourth-order valence-corrected chi connectivity index (χ4v) is 8.41. The zero-order chi connectivity index (χ0) is 54.0. The number of nitro groups is 1. The van der Waals surface area contributed by atoms with Gasteiger partial charge in [0.15, 0.2) is 61.6 Å². The smallest absolute Gasteiger partial charge is 0.303 e. The van der Waals surface area contributed by atoms with Crippen molar-refractivity contribution in [1.29, 1.82) is 0 Å². The van der Waals surface area contributed by atoms with Gasteiger partial charge in [0.2, 0.25) is 6.29 Å². The molecule has 2 aromatic carbocycles. The third-order valence-electron chi connectivity index (χ3n) is 11.1. The first-order chi connectivity index (χ1) is 35.1. The van der Waals surface area contributed by atoms with Gasteiger partial charge >= 0.3 is 47.8 Å². The molecule has 16 atom stereocenters. The predicted octanol–water partition coefficient (Wildman–Crippen LogP) is 1.75. The van der Waals surface area contributed by atoms with Crippen molar-refractivity contribution in [3.8, 4) is 5.75 Å². The molecule has 404 valence electrons. The number of hydrogen-bond donors (Lipinski definition) is 0. The van der Waals surface area contributed by atoms with Gasteiger partial charge in [-0.1, -0.05) is 30.3 Å². The first-order valence-electron chi connectivity index (χ1n) is 22.9. The molecule has 0 saturated carbocycles. The van der Waals surface area contributed by atoms with Crippen molar-refractivity contribution < 1.29 is 119 Å². The lowest BCUT2D eigenvalue weighted by atomic mass is 9.94. The van der Waals surface area contributed by atoms with E-state index in [1.807, 2.05) is 0 Å². The van der Waals surface area contributed by atoms with Crippen LogP contribution < -0.4 is 4.74 Å². The second kappa shape index (κ2) is 25.4. The molecule has 27 heteroatoms. The molecular weight excluding hydrogens is 994 g/mol. The molecule has 74 heavy (non-hydrogen) atoms. The van der Waals surface area contributed by atoms with Crippen LogP contribution in [-0.2, 0) is 109 Å². The highest BCUT2D eigenvalue weighted by atomic mass is 16.8. The largest absolute Gasteiger partial charge is 0.463 e. The minimum Gasteiger partial charge on any atom is -0.463 e. The van der Waals surface area contributed by atoms with Crippen LogP contribution in [0.25, 0.3) is 0 Å². The maximum atomic E-state index is 13.0. The third kappa shape index (κ3) is 14.9. The van der Waals surface area contributed by atoms with Crippen molar-refractivity contribution in [2.75, 3.05) is 19.8 Å². The van der Waals surface area contributed by atoms with Crippen molar-refractivity contribution in [3.63, 3.8) is 0 Å². The molecule has 0 bridgehead atoms. The van der Waals surface area contributed by atoms with Crippen LogP contribution in [-0.4, -0.2) is 165 Å². The Morgan fingerprint density at radius 3 is 1.36 bits per heavy atom. The van der Waals surface area contributed by atoms with Crippen molar-refractivity contribution >= 4 is 53.4 Å². The van der Waals surface area contributed by atoms with Gasteiger partial charge in [0.25, 0.3) is 5.69 Å². The van der Waals surface area contributed by atoms with Crippen molar-refractivity contribution in [2.24, 2.45) is 0 Å². The summed E-state index contributed by atoms with van der Waals surface area (Å²) in [5.74, 6) is -7.42. The molecule has 9 unspecified atom stereocenters. The maximum Gasteiger partial charge on any atom is 0.303 e. The number of carbonyl (C=O) groups excluding carboxylic acids is 8. The Balaban J connectivity index is 1.56. The Kier molecular flexibility index (Phi) is 19.3. The Hall–Kier alpha value is -6.88. The topological polar surface area (TPSA) is 327 Å². The lowest BCUT2D eigenvalue weighted by Crippen LogP contribution is -2.70. The number of benzene rings is 2. The Bertz CT molecular complexity index is 2350. The highest BCUT2D eigenvalue weighted by molar-refractivity contribution is 5.70. The van der Waals surface area contributed by atoms with E-state index in [1.54, 1.807) is 30.3 Å². The molecule has 4 saturated heterocycles. The van der Waals surface area contributed by atoms with Gasteiger partial charge in [0, 0.05) is 73.1 Å². The highest BCUT2D eigenvalue weighted by Crippen LogP contribution is 2.42. The molecule has 4 heterocycles. The van der Waals surface area contributed by atoms with Gasteiger partial charge in [-0.25, -0.2) is 0 Å². The molecule has 0 N–H and O–H groups in total. The van der Waals surface area contributed by atoms with E-state index >= 15 is 0 Å². The van der Waals surface area contributed by atoms with Gasteiger partial charge in [-0.15, -0.1) is 0 Å². The van der Waals surface area contributed by atoms with Crippen molar-refractivity contribution in [3.05, 3.63) is 70.3 Å². The fourth-order valence-electron chi connectivity index (χ4n) is 8.41. The minimum absolute atomic E-state index is 0.0694. The summed E-state index contributed by atoms with van der Waals surface area (Å²) >= 11 is 0. The van der Waals surface area contributed by atoms with Gasteiger partial charge in [-0.3, -0.25) is 48.5 Å². The zero-order valence-corrected chi connectivity index (χ0v) is 41.1. The number of nitrogens with zero attached hydrogens (tertiary/aromatic N) is 1. The van der Waals surface area contributed by atoms with Crippen LogP contribution in [0, 0.1) is 10.1 Å². The second-order valence-electron chi connectivity index (χ2n) is 16.9. The van der Waals surface area contributed by atoms with Crippen LogP contribution in [0.1, 0.15) is 67.2 Å². The number of nitro benzene ring substituents is 1. The van der Waals surface area contributed by atoms with E-state index in [2.05, 4.69) is 0 Å². The molecule has 4 fully saturated rings. The Morgan fingerprint density at radius 1 is 0.500 bits per heavy atom. The number of rotatable bonds is 18. The van der Waals surface area contributed by atoms with E-state index < -0.39 is 164 Å². The number of ether oxygens (including phenoxy) is 16. The molecule has 4 aliphatic rings. The lowest BCUT2D eigenvalue weighted by Gasteiger charge is -2.52. The summed E-state index contributed by atoms with van der Waals surface area (Å²) in [4.78, 5) is 112. The second-order valence-corrected chi connectivity index (χ2v) is 16.9. The van der Waals surface area contributed by atoms with E-state index in [0.717, 1.165) is 67.5 Å². The fraction of sp³-hybridized carbons (Fsp3) is 0.574. The van der Waals surface area contributed by atoms with Gasteiger partial charge < -0.3 is 75.8 Å². The summed E-state index contributed by atoms with van der Waals surface area (Å²) in [5, 5.41) is 11.7. The number of fused-ring (bicyclic) bond motifs is 1. The van der Waals surface area contributed by atoms with Crippen LogP contribution in [0.4, 0.5) is 5.69 Å². The number of carbonyl (C=O) groups is 8. The highest BCUT2D eigenvalue weighted by Gasteiger charge is 2.61. The summed E-state index contributed by atoms with van der Waals surface area (Å²) in [6.07, 6.45) is -26.5. The van der Waals surface area contributed by atoms with E-state index in [0.29, 0.717) is 5.56 Å². The van der Waals surface area contributed by atoms with E-state index in [-0.39, 0.29) is 18.0 Å². The van der Waals surface area contributed by atoms with E-state index in [4.69, 9.17) is 75.8 Å². The van der Waals surface area contributed by atoms with Crippen LogP contribution in [0.5, 0.6) is 5.75 Å². The first kappa shape index (κ1) is 56.4. The number of non-ortho nitro benzene ring substituents is 1. The molecule has 0 amide bonds. The molecule has 0 radical (unpaired) electrons. The number of hydrogen-bond acceptors (Lipinski definition) is 26. The molecule has 27 nitrogen and oxygen atoms in total. The summed E-state index contributed by atoms with van der Waals surface area (Å²) < 4.78 is 96.3. The van der Waals surface area contributed by atoms with Crippen LogP contribution in [0.15, 0.2) is 54.6 Å². The summed E-state index contributed by atoms with van der Waals surface area (Å²) in [6.45, 7) is 6.65. The standard InChI is InChI=1S/C47H55NO26/c1-21(49)59-18-32-35(62-23(3)51)38(64-25(5)53)41(66-27(7)55)46(70-32)73-40-37-34(20-61-44(72-37)29-12-10-9-11-13-29)69-45(68-31-16-14-30(15-17-31)48(57)58)43(40)74-47-42(67-28(8)56)39(65-26(6)54)36(63-24(4)52)33(71-47)19-60-22(2)50/h9-17,32-47H,18-20H2,1-8H3/t32?,33?,34?,35-,36-,37-,38?,39?,40+,41?,42?,43?,44?,45-,46+,47+/m1/s1. The van der Waals surface area contributed by atoms with Gasteiger partial charge in [0.05, 0.1) is 11.5 Å². The number of esters is 8. The quantitative estimate of drug-likeness (QED) is 0.0888. The summed E-state index contributed by atoms with van der Waals surface area (Å²) in [7, 11) is 0. The van der Waals surface area contributed by atoms with Crippen LogP contribution >= 0.6 is 0 Å². The SMILES string of the molecule is CC(=O)OCC1O[C@@H](OC2[C@H](Oc3ccc([N+](=O)[O-])cc3)OC3COC(c4ccccc4)O[C@H]3[C@@H]2O[C@@H]2OC(COC(C)=O)[C@@H](OC(C)=O)C(OC(C)=O)C2OC(C)=O)C(OC(C)=O)C(OC(C)=O)[C@@H]1OC(C)=O. The zero-order valence-electron chi connectivity index (χ0n) is 41.1. The minimum atomic E-state index is -1.98. The average Bonchev–Trinajstić information content (AvgIpc) is 3.31. The van der Waals surface area contributed by atoms with Gasteiger partial charge in [-0.05, 0) is 12.1 Å². The van der Waals surface area contributed by atoms with Crippen molar-refractivity contribution in [2.45, 2.75) is 154 Å². The Morgan fingerprint density at radius 2 is 0.932 bits per heavy atom. The third-order valence-corrected chi connectivity index (χ3v) is 11.1. The van der Waals surface area contributed by atoms with Gasteiger partial charge in [-0.2, -0.15) is 0 Å². The predicted molar refractivity (Wildman–Crippen MR) is 236 cm³/mol. The molecule has 2 aromatic rings. The molecule has 0 aromatic heterocycles. The van der Waals surface area contributed by atoms with Gasteiger partial charge in [0.1, 0.15) is 49.5 Å². The van der Waals surface area contributed by atoms with E-state index in [9.17, 15) is 48.5 Å².